The molecule has 1 atom stereocenters. The summed E-state index contributed by atoms with van der Waals surface area (Å²) in [6.07, 6.45) is 4.70. The molecule has 2 aromatic rings. The Morgan fingerprint density at radius 3 is 2.90 bits per heavy atom. The van der Waals surface area contributed by atoms with Crippen LogP contribution in [0.15, 0.2) is 18.2 Å². The highest BCUT2D eigenvalue weighted by atomic mass is 16.5. The van der Waals surface area contributed by atoms with Crippen molar-refractivity contribution in [3.8, 4) is 5.75 Å². The van der Waals surface area contributed by atoms with E-state index in [-0.39, 0.29) is 0 Å². The molecule has 1 heterocycles. The number of hydrogen-bond donors (Lipinski definition) is 1. The minimum atomic E-state index is 0.456. The van der Waals surface area contributed by atoms with Crippen molar-refractivity contribution in [1.29, 1.82) is 0 Å². The van der Waals surface area contributed by atoms with E-state index in [1.165, 1.54) is 24.2 Å². The minimum absolute atomic E-state index is 0.456. The Morgan fingerprint density at radius 2 is 2.25 bits per heavy atom. The highest BCUT2D eigenvalue weighted by Gasteiger charge is 2.29. The lowest BCUT2D eigenvalue weighted by Gasteiger charge is -2.13. The molecule has 1 aromatic carbocycles. The number of methoxy groups -OCH3 is 1. The third-order valence-electron chi connectivity index (χ3n) is 4.12. The van der Waals surface area contributed by atoms with Crippen LogP contribution in [0.3, 0.4) is 0 Å². The Labute approximate surface area is 119 Å². The predicted molar refractivity (Wildman–Crippen MR) is 81.3 cm³/mol. The summed E-state index contributed by atoms with van der Waals surface area (Å²) in [6.45, 7) is 3.01. The summed E-state index contributed by atoms with van der Waals surface area (Å²) in [7, 11) is 1.70. The van der Waals surface area contributed by atoms with E-state index in [0.29, 0.717) is 12.0 Å². The lowest BCUT2D eigenvalue weighted by molar-refractivity contribution is 0.415. The first-order valence-electron chi connectivity index (χ1n) is 7.50. The number of benzene rings is 1. The van der Waals surface area contributed by atoms with Crippen molar-refractivity contribution >= 4 is 11.0 Å². The molecule has 1 aliphatic carbocycles. The number of rotatable bonds is 6. The first-order valence-corrected chi connectivity index (χ1v) is 7.50. The third kappa shape index (κ3) is 2.40. The zero-order chi connectivity index (χ0) is 14.1. The van der Waals surface area contributed by atoms with Gasteiger partial charge in [0.2, 0.25) is 0 Å². The Balaban J connectivity index is 2.03. The molecule has 0 aliphatic heterocycles. The molecule has 20 heavy (non-hydrogen) atoms. The van der Waals surface area contributed by atoms with Crippen LogP contribution in [-0.2, 0) is 0 Å². The SMILES string of the molecule is COc1ccc2c(c1)nc(C(C)CCCN)n2C1CC1. The van der Waals surface area contributed by atoms with Crippen LogP contribution in [0.25, 0.3) is 11.0 Å². The molecule has 0 amide bonds. The fourth-order valence-corrected chi connectivity index (χ4v) is 2.84. The number of imidazole rings is 1. The summed E-state index contributed by atoms with van der Waals surface area (Å²) in [4.78, 5) is 4.88. The molecular weight excluding hydrogens is 250 g/mol. The number of aromatic nitrogens is 2. The van der Waals surface area contributed by atoms with Crippen molar-refractivity contribution in [2.24, 2.45) is 5.73 Å². The Bertz CT molecular complexity index is 601. The van der Waals surface area contributed by atoms with Gasteiger partial charge in [0, 0.05) is 18.0 Å². The van der Waals surface area contributed by atoms with Crippen LogP contribution >= 0.6 is 0 Å². The lowest BCUT2D eigenvalue weighted by Crippen LogP contribution is -2.08. The van der Waals surface area contributed by atoms with E-state index in [4.69, 9.17) is 15.5 Å². The monoisotopic (exact) mass is 273 g/mol. The van der Waals surface area contributed by atoms with E-state index in [2.05, 4.69) is 17.6 Å². The van der Waals surface area contributed by atoms with Gasteiger partial charge in [-0.05, 0) is 44.4 Å². The number of hydrogen-bond acceptors (Lipinski definition) is 3. The van der Waals surface area contributed by atoms with Crippen molar-refractivity contribution in [2.75, 3.05) is 13.7 Å². The van der Waals surface area contributed by atoms with E-state index in [1.54, 1.807) is 7.11 Å². The van der Waals surface area contributed by atoms with E-state index in [9.17, 15) is 0 Å². The molecule has 4 nitrogen and oxygen atoms in total. The molecule has 3 rings (SSSR count). The summed E-state index contributed by atoms with van der Waals surface area (Å²) < 4.78 is 7.75. The molecular formula is C16H23N3O. The Morgan fingerprint density at radius 1 is 1.45 bits per heavy atom. The van der Waals surface area contributed by atoms with Crippen LogP contribution in [-0.4, -0.2) is 23.2 Å². The number of fused-ring (bicyclic) bond motifs is 1. The quantitative estimate of drug-likeness (QED) is 0.879. The van der Waals surface area contributed by atoms with Gasteiger partial charge in [0.05, 0.1) is 18.1 Å². The van der Waals surface area contributed by atoms with Crippen LogP contribution < -0.4 is 10.5 Å². The number of nitrogens with two attached hydrogens (primary N) is 1. The summed E-state index contributed by atoms with van der Waals surface area (Å²) in [6, 6.07) is 6.84. The summed E-state index contributed by atoms with van der Waals surface area (Å²) in [5.41, 5.74) is 7.92. The fraction of sp³-hybridized carbons (Fsp3) is 0.562. The van der Waals surface area contributed by atoms with Crippen LogP contribution in [0.5, 0.6) is 5.75 Å². The van der Waals surface area contributed by atoms with Gasteiger partial charge in [-0.1, -0.05) is 6.92 Å². The molecule has 0 bridgehead atoms. The van der Waals surface area contributed by atoms with Gasteiger partial charge in [0.15, 0.2) is 0 Å². The second kappa shape index (κ2) is 5.44. The third-order valence-corrected chi connectivity index (χ3v) is 4.12. The zero-order valence-corrected chi connectivity index (χ0v) is 12.3. The molecule has 4 heteroatoms. The van der Waals surface area contributed by atoms with Crippen molar-refractivity contribution in [3.05, 3.63) is 24.0 Å². The van der Waals surface area contributed by atoms with E-state index in [0.717, 1.165) is 30.7 Å². The van der Waals surface area contributed by atoms with Crippen molar-refractivity contribution in [2.45, 2.75) is 44.6 Å². The van der Waals surface area contributed by atoms with Crippen LogP contribution in [0, 0.1) is 0 Å². The van der Waals surface area contributed by atoms with Gasteiger partial charge >= 0.3 is 0 Å². The lowest BCUT2D eigenvalue weighted by atomic mass is 10.0. The highest BCUT2D eigenvalue weighted by molar-refractivity contribution is 5.78. The fourth-order valence-electron chi connectivity index (χ4n) is 2.84. The average molecular weight is 273 g/mol. The molecule has 108 valence electrons. The summed E-state index contributed by atoms with van der Waals surface area (Å²) in [5.74, 6) is 2.54. The molecule has 2 N–H and O–H groups in total. The van der Waals surface area contributed by atoms with Crippen LogP contribution in [0.4, 0.5) is 0 Å². The molecule has 0 spiro atoms. The largest absolute Gasteiger partial charge is 0.497 e. The average Bonchev–Trinajstić information content (AvgIpc) is 3.24. The van der Waals surface area contributed by atoms with E-state index in [1.807, 2.05) is 12.1 Å². The first-order chi connectivity index (χ1) is 9.74. The maximum absolute atomic E-state index is 5.63. The van der Waals surface area contributed by atoms with Gasteiger partial charge in [0.1, 0.15) is 11.6 Å². The van der Waals surface area contributed by atoms with Gasteiger partial charge in [-0.15, -0.1) is 0 Å². The molecule has 1 aliphatic rings. The van der Waals surface area contributed by atoms with Crippen molar-refractivity contribution in [1.82, 2.24) is 9.55 Å². The Hall–Kier alpha value is -1.55. The van der Waals surface area contributed by atoms with Gasteiger partial charge in [0.25, 0.3) is 0 Å². The minimum Gasteiger partial charge on any atom is -0.497 e. The molecule has 0 saturated heterocycles. The van der Waals surface area contributed by atoms with Gasteiger partial charge < -0.3 is 15.0 Å². The summed E-state index contributed by atoms with van der Waals surface area (Å²) in [5, 5.41) is 0. The molecule has 1 unspecified atom stereocenters. The number of nitrogens with zero attached hydrogens (tertiary/aromatic N) is 2. The van der Waals surface area contributed by atoms with Crippen LogP contribution in [0.1, 0.15) is 50.4 Å². The van der Waals surface area contributed by atoms with Gasteiger partial charge in [-0.2, -0.15) is 0 Å². The standard InChI is InChI=1S/C16H23N3O/c1-11(4-3-9-17)16-18-14-10-13(20-2)7-8-15(14)19(16)12-5-6-12/h7-8,10-12H,3-6,9,17H2,1-2H3. The van der Waals surface area contributed by atoms with Crippen LogP contribution in [0.2, 0.25) is 0 Å². The molecule has 1 saturated carbocycles. The molecule has 1 fully saturated rings. The maximum atomic E-state index is 5.63. The zero-order valence-electron chi connectivity index (χ0n) is 12.3. The van der Waals surface area contributed by atoms with Crippen molar-refractivity contribution < 1.29 is 4.74 Å². The topological polar surface area (TPSA) is 53.1 Å². The van der Waals surface area contributed by atoms with Crippen molar-refractivity contribution in [3.63, 3.8) is 0 Å². The highest BCUT2D eigenvalue weighted by Crippen LogP contribution is 2.41. The maximum Gasteiger partial charge on any atom is 0.121 e. The predicted octanol–water partition coefficient (Wildman–Crippen LogP) is 3.22. The second-order valence-electron chi connectivity index (χ2n) is 5.76. The van der Waals surface area contributed by atoms with E-state index >= 15 is 0 Å². The second-order valence-corrected chi connectivity index (χ2v) is 5.76. The van der Waals surface area contributed by atoms with Gasteiger partial charge in [-0.3, -0.25) is 0 Å². The number of ether oxygens (including phenoxy) is 1. The summed E-state index contributed by atoms with van der Waals surface area (Å²) >= 11 is 0. The molecule has 0 radical (unpaired) electrons. The Kier molecular flexibility index (Phi) is 3.66. The smallest absolute Gasteiger partial charge is 0.121 e. The molecule has 1 aromatic heterocycles. The first kappa shape index (κ1) is 13.4. The normalized spacial score (nSPS) is 16.6. The van der Waals surface area contributed by atoms with E-state index < -0.39 is 0 Å². The van der Waals surface area contributed by atoms with Gasteiger partial charge in [-0.25, -0.2) is 4.98 Å².